The molecule has 0 aliphatic heterocycles. The van der Waals surface area contributed by atoms with Crippen molar-refractivity contribution in [1.82, 2.24) is 4.31 Å². The Morgan fingerprint density at radius 1 is 1.40 bits per heavy atom. The monoisotopic (exact) mass is 319 g/mol. The fourth-order valence-corrected chi connectivity index (χ4v) is 5.15. The minimum absolute atomic E-state index is 0.192. The number of aromatic carboxylic acids is 1. The number of thiophene rings is 1. The Bertz CT molecular complexity index is 595. The van der Waals surface area contributed by atoms with E-state index in [2.05, 4.69) is 0 Å². The smallest absolute Gasteiger partial charge is 0.347 e. The average molecular weight is 319 g/mol. The van der Waals surface area contributed by atoms with E-state index in [1.165, 1.54) is 18.5 Å². The quantitative estimate of drug-likeness (QED) is 0.874. The molecular weight excluding hydrogens is 302 g/mol. The van der Waals surface area contributed by atoms with E-state index in [1.807, 2.05) is 0 Å². The molecule has 112 valence electrons. The summed E-state index contributed by atoms with van der Waals surface area (Å²) < 4.78 is 26.2. The second-order valence-electron chi connectivity index (χ2n) is 4.86. The third kappa shape index (κ3) is 2.73. The lowest BCUT2D eigenvalue weighted by Crippen LogP contribution is -2.46. The molecule has 1 aromatic heterocycles. The second kappa shape index (κ2) is 5.80. The molecule has 0 bridgehead atoms. The topological polar surface area (TPSA) is 94.9 Å². The summed E-state index contributed by atoms with van der Waals surface area (Å²) in [7, 11) is -2.50. The van der Waals surface area contributed by atoms with Crippen molar-refractivity contribution in [2.75, 3.05) is 7.05 Å². The van der Waals surface area contributed by atoms with Gasteiger partial charge >= 0.3 is 5.97 Å². The van der Waals surface area contributed by atoms with Crippen molar-refractivity contribution < 1.29 is 23.4 Å². The zero-order valence-corrected chi connectivity index (χ0v) is 12.7. The van der Waals surface area contributed by atoms with Crippen LogP contribution in [0.15, 0.2) is 16.3 Å². The molecule has 1 aliphatic carbocycles. The van der Waals surface area contributed by atoms with Crippen LogP contribution in [0.1, 0.15) is 35.4 Å². The van der Waals surface area contributed by atoms with Gasteiger partial charge in [0, 0.05) is 7.05 Å². The summed E-state index contributed by atoms with van der Waals surface area (Å²) in [4.78, 5) is 10.7. The van der Waals surface area contributed by atoms with Gasteiger partial charge in [0.05, 0.1) is 12.1 Å². The van der Waals surface area contributed by atoms with Crippen LogP contribution in [0.3, 0.4) is 0 Å². The highest BCUT2D eigenvalue weighted by Crippen LogP contribution is 2.30. The van der Waals surface area contributed by atoms with Crippen LogP contribution in [-0.2, 0) is 10.0 Å². The Morgan fingerprint density at radius 3 is 2.65 bits per heavy atom. The van der Waals surface area contributed by atoms with Crippen LogP contribution in [0, 0.1) is 0 Å². The fourth-order valence-electron chi connectivity index (χ4n) is 2.51. The molecule has 20 heavy (non-hydrogen) atoms. The molecule has 0 aromatic carbocycles. The van der Waals surface area contributed by atoms with Gasteiger partial charge in [0.1, 0.15) is 9.77 Å². The Balaban J connectivity index is 2.34. The van der Waals surface area contributed by atoms with Gasteiger partial charge in [-0.15, -0.1) is 11.3 Å². The lowest BCUT2D eigenvalue weighted by molar-refractivity contribution is 0.0636. The number of nitrogens with zero attached hydrogens (tertiary/aromatic N) is 1. The van der Waals surface area contributed by atoms with Crippen molar-refractivity contribution in [3.05, 3.63) is 16.3 Å². The minimum Gasteiger partial charge on any atom is -0.477 e. The number of aliphatic hydroxyl groups is 1. The first-order valence-electron chi connectivity index (χ1n) is 6.32. The number of hydrogen-bond donors (Lipinski definition) is 2. The Labute approximate surface area is 121 Å². The number of carboxylic acids is 1. The lowest BCUT2D eigenvalue weighted by Gasteiger charge is -2.34. The van der Waals surface area contributed by atoms with Crippen LogP contribution in [0.4, 0.5) is 0 Å². The second-order valence-corrected chi connectivity index (χ2v) is 7.74. The Hall–Kier alpha value is -0.960. The van der Waals surface area contributed by atoms with Crippen LogP contribution >= 0.6 is 11.3 Å². The molecule has 1 aromatic rings. The number of carboxylic acid groups (broad SMARTS) is 1. The number of aliphatic hydroxyl groups excluding tert-OH is 1. The maximum absolute atomic E-state index is 12.5. The number of likely N-dealkylation sites (N-methyl/N-ethyl adjacent to an activating group) is 1. The molecule has 2 unspecified atom stereocenters. The first kappa shape index (κ1) is 15.4. The predicted octanol–water partition coefficient (Wildman–Crippen LogP) is 1.37. The van der Waals surface area contributed by atoms with Gasteiger partial charge in [-0.1, -0.05) is 12.8 Å². The van der Waals surface area contributed by atoms with Gasteiger partial charge in [-0.05, 0) is 24.3 Å². The first-order valence-corrected chi connectivity index (χ1v) is 8.64. The third-order valence-electron chi connectivity index (χ3n) is 3.64. The van der Waals surface area contributed by atoms with Gasteiger partial charge < -0.3 is 10.2 Å². The minimum atomic E-state index is -3.90. The molecule has 2 rings (SSSR count). The maximum Gasteiger partial charge on any atom is 0.347 e. The molecule has 0 radical (unpaired) electrons. The molecule has 0 spiro atoms. The number of hydrogen-bond acceptors (Lipinski definition) is 5. The van der Waals surface area contributed by atoms with E-state index in [0.29, 0.717) is 12.8 Å². The first-order chi connectivity index (χ1) is 9.35. The van der Waals surface area contributed by atoms with E-state index in [1.54, 1.807) is 0 Å². The predicted molar refractivity (Wildman–Crippen MR) is 74.5 cm³/mol. The molecule has 0 saturated heterocycles. The highest BCUT2D eigenvalue weighted by molar-refractivity contribution is 7.89. The summed E-state index contributed by atoms with van der Waals surface area (Å²) in [6.45, 7) is 0. The van der Waals surface area contributed by atoms with Crippen LogP contribution < -0.4 is 0 Å². The molecule has 0 amide bonds. The van der Waals surface area contributed by atoms with Crippen molar-refractivity contribution in [3.8, 4) is 0 Å². The molecule has 1 fully saturated rings. The zero-order chi connectivity index (χ0) is 14.9. The Kier molecular flexibility index (Phi) is 4.48. The molecule has 6 nitrogen and oxygen atoms in total. The van der Waals surface area contributed by atoms with Crippen molar-refractivity contribution >= 4 is 27.3 Å². The number of sulfonamides is 1. The number of carbonyl (C=O) groups is 1. The van der Waals surface area contributed by atoms with Crippen molar-refractivity contribution in [2.24, 2.45) is 0 Å². The largest absolute Gasteiger partial charge is 0.477 e. The summed E-state index contributed by atoms with van der Waals surface area (Å²) in [5, 5.41) is 20.4. The van der Waals surface area contributed by atoms with E-state index < -0.39 is 28.1 Å². The van der Waals surface area contributed by atoms with Gasteiger partial charge in [-0.3, -0.25) is 0 Å². The van der Waals surface area contributed by atoms with Gasteiger partial charge in [0.2, 0.25) is 10.0 Å². The summed E-state index contributed by atoms with van der Waals surface area (Å²) in [5.41, 5.74) is 0. The summed E-state index contributed by atoms with van der Waals surface area (Å²) >= 11 is 0.882. The van der Waals surface area contributed by atoms with Crippen LogP contribution in [0.5, 0.6) is 0 Å². The summed E-state index contributed by atoms with van der Waals surface area (Å²) in [6, 6.07) is 0.810. The van der Waals surface area contributed by atoms with E-state index >= 15 is 0 Å². The molecule has 8 heteroatoms. The van der Waals surface area contributed by atoms with Crippen LogP contribution in [-0.4, -0.2) is 48.1 Å². The Morgan fingerprint density at radius 2 is 2.05 bits per heavy atom. The molecule has 1 heterocycles. The average Bonchev–Trinajstić information content (AvgIpc) is 2.88. The fraction of sp³-hybridized carbons (Fsp3) is 0.583. The highest BCUT2D eigenvalue weighted by atomic mass is 32.2. The van der Waals surface area contributed by atoms with Gasteiger partial charge in [-0.2, -0.15) is 4.31 Å². The van der Waals surface area contributed by atoms with Crippen LogP contribution in [0.2, 0.25) is 0 Å². The van der Waals surface area contributed by atoms with Gasteiger partial charge in [-0.25, -0.2) is 13.2 Å². The third-order valence-corrected chi connectivity index (χ3v) is 6.60. The maximum atomic E-state index is 12.5. The van der Waals surface area contributed by atoms with Crippen molar-refractivity contribution in [1.29, 1.82) is 0 Å². The van der Waals surface area contributed by atoms with E-state index in [-0.39, 0.29) is 9.77 Å². The van der Waals surface area contributed by atoms with Gasteiger partial charge in [0.15, 0.2) is 0 Å². The van der Waals surface area contributed by atoms with E-state index in [9.17, 15) is 18.3 Å². The molecule has 1 aliphatic rings. The summed E-state index contributed by atoms with van der Waals surface area (Å²) in [5.74, 6) is -1.25. The SMILES string of the molecule is CN(C1CCCCC1O)S(=O)(=O)c1ccsc1C(=O)O. The van der Waals surface area contributed by atoms with Gasteiger partial charge in [0.25, 0.3) is 0 Å². The van der Waals surface area contributed by atoms with E-state index in [0.717, 1.165) is 28.5 Å². The summed E-state index contributed by atoms with van der Waals surface area (Å²) in [6.07, 6.45) is 2.19. The molecule has 2 N–H and O–H groups in total. The van der Waals surface area contributed by atoms with Crippen molar-refractivity contribution in [2.45, 2.75) is 42.7 Å². The number of rotatable bonds is 4. The van der Waals surface area contributed by atoms with E-state index in [4.69, 9.17) is 5.11 Å². The highest BCUT2D eigenvalue weighted by Gasteiger charge is 2.36. The molecule has 1 saturated carbocycles. The molecular formula is C12H17NO5S2. The van der Waals surface area contributed by atoms with Crippen LogP contribution in [0.25, 0.3) is 0 Å². The standard InChI is InChI=1S/C12H17NO5S2/c1-13(8-4-2-3-5-9(8)14)20(17,18)10-6-7-19-11(10)12(15)16/h6-9,14H,2-5H2,1H3,(H,15,16). The zero-order valence-electron chi connectivity index (χ0n) is 11.0. The molecule has 2 atom stereocenters. The lowest BCUT2D eigenvalue weighted by atomic mass is 9.93. The van der Waals surface area contributed by atoms with Crippen molar-refractivity contribution in [3.63, 3.8) is 0 Å². The normalized spacial score (nSPS) is 23.9.